The lowest BCUT2D eigenvalue weighted by molar-refractivity contribution is 0.102. The molecule has 0 fully saturated rings. The van der Waals surface area contributed by atoms with Crippen molar-refractivity contribution in [3.05, 3.63) is 35.8 Å². The summed E-state index contributed by atoms with van der Waals surface area (Å²) >= 11 is 0.988. The molecule has 0 spiro atoms. The molecule has 4 N–H and O–H groups in total. The number of carbonyl (C=O) groups excluding carboxylic acids is 1. The summed E-state index contributed by atoms with van der Waals surface area (Å²) in [5.74, 6) is -0.471. The van der Waals surface area contributed by atoms with E-state index in [1.54, 1.807) is 6.92 Å². The molecule has 0 saturated heterocycles. The van der Waals surface area contributed by atoms with Crippen molar-refractivity contribution in [2.45, 2.75) is 13.3 Å². The van der Waals surface area contributed by atoms with Gasteiger partial charge < -0.3 is 11.1 Å². The molecule has 28 heavy (non-hydrogen) atoms. The van der Waals surface area contributed by atoms with Gasteiger partial charge in [-0.15, -0.1) is 0 Å². The van der Waals surface area contributed by atoms with Crippen molar-refractivity contribution in [2.24, 2.45) is 0 Å². The number of fused-ring (bicyclic) bond motifs is 1. The third-order valence-corrected chi connectivity index (χ3v) is 6.00. The number of sulfonamides is 1. The van der Waals surface area contributed by atoms with Gasteiger partial charge in [-0.05, 0) is 30.1 Å². The molecule has 0 saturated carbocycles. The van der Waals surface area contributed by atoms with E-state index in [9.17, 15) is 18.5 Å². The Morgan fingerprint density at radius 1 is 1.32 bits per heavy atom. The van der Waals surface area contributed by atoms with Crippen LogP contribution >= 0.6 is 11.5 Å². The first-order valence-electron chi connectivity index (χ1n) is 8.07. The van der Waals surface area contributed by atoms with Gasteiger partial charge in [-0.3, -0.25) is 9.52 Å². The maximum atomic E-state index is 12.7. The molecule has 12 heteroatoms. The molecule has 1 amide bonds. The van der Waals surface area contributed by atoms with Gasteiger partial charge in [0.2, 0.25) is 10.0 Å². The lowest BCUT2D eigenvalue weighted by Crippen LogP contribution is -2.18. The summed E-state index contributed by atoms with van der Waals surface area (Å²) in [4.78, 5) is 20.5. The van der Waals surface area contributed by atoms with Crippen LogP contribution in [0.5, 0.6) is 0 Å². The number of aromatic nitrogens is 3. The lowest BCUT2D eigenvalue weighted by Gasteiger charge is -2.12. The van der Waals surface area contributed by atoms with Gasteiger partial charge in [0.15, 0.2) is 5.69 Å². The number of rotatable bonds is 6. The van der Waals surface area contributed by atoms with Gasteiger partial charge >= 0.3 is 0 Å². The highest BCUT2D eigenvalue weighted by molar-refractivity contribution is 7.92. The molecular weight excluding hydrogens is 402 g/mol. The van der Waals surface area contributed by atoms with Crippen LogP contribution in [-0.2, 0) is 10.0 Å². The van der Waals surface area contributed by atoms with E-state index in [2.05, 4.69) is 24.4 Å². The number of amides is 1. The Labute approximate surface area is 164 Å². The minimum Gasteiger partial charge on any atom is -0.382 e. The molecule has 144 valence electrons. The van der Waals surface area contributed by atoms with Crippen molar-refractivity contribution in [3.8, 4) is 6.07 Å². The van der Waals surface area contributed by atoms with Gasteiger partial charge in [0, 0.05) is 0 Å². The number of nitrogens with two attached hydrogens (primary N) is 1. The van der Waals surface area contributed by atoms with Crippen LogP contribution in [-0.4, -0.2) is 34.4 Å². The summed E-state index contributed by atoms with van der Waals surface area (Å²) in [6.45, 7) is 1.73. The minimum atomic E-state index is -3.59. The van der Waals surface area contributed by atoms with Gasteiger partial charge in [-0.1, -0.05) is 13.0 Å². The molecule has 3 rings (SSSR count). The number of hydrogen-bond donors (Lipinski definition) is 3. The fraction of sp³-hybridized carbons (Fsp3) is 0.188. The molecule has 3 aromatic rings. The first-order valence-corrected chi connectivity index (χ1v) is 10.5. The number of benzene rings is 1. The molecule has 0 atom stereocenters. The second-order valence-electron chi connectivity index (χ2n) is 5.68. The number of nitriles is 1. The second kappa shape index (κ2) is 7.75. The molecule has 10 nitrogen and oxygen atoms in total. The van der Waals surface area contributed by atoms with Crippen molar-refractivity contribution >= 4 is 54.9 Å². The van der Waals surface area contributed by atoms with E-state index in [0.29, 0.717) is 16.6 Å². The first-order chi connectivity index (χ1) is 13.4. The van der Waals surface area contributed by atoms with E-state index in [-0.39, 0.29) is 34.2 Å². The topological polar surface area (TPSA) is 164 Å². The van der Waals surface area contributed by atoms with Crippen molar-refractivity contribution in [1.29, 1.82) is 5.26 Å². The molecule has 2 aromatic heterocycles. The third kappa shape index (κ3) is 3.85. The highest BCUT2D eigenvalue weighted by Crippen LogP contribution is 2.28. The molecule has 0 unspecified atom stereocenters. The molecule has 0 aliphatic heterocycles. The van der Waals surface area contributed by atoms with Crippen LogP contribution in [0.15, 0.2) is 24.5 Å². The zero-order valence-electron chi connectivity index (χ0n) is 14.6. The average molecular weight is 417 g/mol. The van der Waals surface area contributed by atoms with Crippen LogP contribution in [0.4, 0.5) is 17.2 Å². The molecule has 0 aliphatic rings. The molecule has 2 heterocycles. The predicted octanol–water partition coefficient (Wildman–Crippen LogP) is 1.94. The van der Waals surface area contributed by atoms with Crippen molar-refractivity contribution in [1.82, 2.24) is 14.3 Å². The molecule has 0 radical (unpaired) electrons. The van der Waals surface area contributed by atoms with E-state index in [1.807, 2.05) is 6.07 Å². The van der Waals surface area contributed by atoms with Crippen LogP contribution in [0.2, 0.25) is 0 Å². The summed E-state index contributed by atoms with van der Waals surface area (Å²) in [7, 11) is -3.59. The van der Waals surface area contributed by atoms with Crippen LogP contribution in [0.1, 0.15) is 29.4 Å². The zero-order chi connectivity index (χ0) is 20.3. The van der Waals surface area contributed by atoms with Crippen molar-refractivity contribution in [2.75, 3.05) is 21.5 Å². The van der Waals surface area contributed by atoms with E-state index in [4.69, 9.17) is 5.73 Å². The highest BCUT2D eigenvalue weighted by Gasteiger charge is 2.20. The summed E-state index contributed by atoms with van der Waals surface area (Å²) in [6, 6.07) is 6.39. The monoisotopic (exact) mass is 417 g/mol. The van der Waals surface area contributed by atoms with E-state index in [1.165, 1.54) is 24.5 Å². The minimum absolute atomic E-state index is 0.01000. The average Bonchev–Trinajstić information content (AvgIpc) is 3.07. The summed E-state index contributed by atoms with van der Waals surface area (Å²) in [5, 5.41) is 12.1. The standard InChI is InChI=1S/C16H15N7O3S2/c1-2-6-28(25,26)23-11-5-3-4-10(9(11)7-17)21-16(24)13-12-14(27-22-13)15(18)20-8-19-12/h3-5,8,23H,2,6H2,1H3,(H,21,24)(H2,18,19,20). The van der Waals surface area contributed by atoms with Gasteiger partial charge in [-0.2, -0.15) is 9.64 Å². The van der Waals surface area contributed by atoms with Crippen molar-refractivity contribution < 1.29 is 13.2 Å². The number of nitrogen functional groups attached to an aromatic ring is 1. The van der Waals surface area contributed by atoms with Crippen LogP contribution in [0.3, 0.4) is 0 Å². The van der Waals surface area contributed by atoms with E-state index >= 15 is 0 Å². The van der Waals surface area contributed by atoms with E-state index in [0.717, 1.165) is 11.5 Å². The molecule has 0 bridgehead atoms. The van der Waals surface area contributed by atoms with Crippen LogP contribution < -0.4 is 15.8 Å². The number of nitrogens with zero attached hydrogens (tertiary/aromatic N) is 4. The number of hydrogen-bond acceptors (Lipinski definition) is 9. The molecule has 0 aliphatic carbocycles. The fourth-order valence-electron chi connectivity index (χ4n) is 2.46. The van der Waals surface area contributed by atoms with Gasteiger partial charge in [0.05, 0.1) is 22.7 Å². The SMILES string of the molecule is CCCS(=O)(=O)Nc1cccc(NC(=O)c2nsc3c(N)ncnc23)c1C#N. The fourth-order valence-corrected chi connectivity index (χ4v) is 4.34. The van der Waals surface area contributed by atoms with Gasteiger partial charge in [0.1, 0.15) is 28.4 Å². The summed E-state index contributed by atoms with van der Waals surface area (Å²) in [5.41, 5.74) is 6.31. The van der Waals surface area contributed by atoms with Gasteiger partial charge in [0.25, 0.3) is 5.91 Å². The van der Waals surface area contributed by atoms with Crippen LogP contribution in [0, 0.1) is 11.3 Å². The smallest absolute Gasteiger partial charge is 0.277 e. The highest BCUT2D eigenvalue weighted by atomic mass is 32.2. The molecule has 1 aromatic carbocycles. The number of nitrogens with one attached hydrogen (secondary N) is 2. The Bertz CT molecular complexity index is 1200. The van der Waals surface area contributed by atoms with E-state index < -0.39 is 15.9 Å². The third-order valence-electron chi connectivity index (χ3n) is 3.66. The summed E-state index contributed by atoms with van der Waals surface area (Å²) in [6.07, 6.45) is 1.65. The molecular formula is C16H15N7O3S2. The summed E-state index contributed by atoms with van der Waals surface area (Å²) < 4.78 is 31.0. The lowest BCUT2D eigenvalue weighted by atomic mass is 10.1. The maximum Gasteiger partial charge on any atom is 0.277 e. The Balaban J connectivity index is 1.94. The maximum absolute atomic E-state index is 12.7. The Hall–Kier alpha value is -3.30. The van der Waals surface area contributed by atoms with Gasteiger partial charge in [-0.25, -0.2) is 18.4 Å². The number of carbonyl (C=O) groups is 1. The quantitative estimate of drug-likeness (QED) is 0.547. The Morgan fingerprint density at radius 2 is 2.07 bits per heavy atom. The largest absolute Gasteiger partial charge is 0.382 e. The predicted molar refractivity (Wildman–Crippen MR) is 106 cm³/mol. The zero-order valence-corrected chi connectivity index (χ0v) is 16.3. The number of anilines is 3. The Kier molecular flexibility index (Phi) is 5.39. The van der Waals surface area contributed by atoms with Crippen LogP contribution in [0.25, 0.3) is 10.2 Å². The Morgan fingerprint density at radius 3 is 2.79 bits per heavy atom. The normalized spacial score (nSPS) is 11.1. The van der Waals surface area contributed by atoms with Crippen molar-refractivity contribution in [3.63, 3.8) is 0 Å². The second-order valence-corrected chi connectivity index (χ2v) is 8.30. The first kappa shape index (κ1) is 19.5.